The highest BCUT2D eigenvalue weighted by Crippen LogP contribution is 1.98. The monoisotopic (exact) mass is 388 g/mol. The normalized spacial score (nSPS) is 10.0. The molecular formula is C18H32N2O7. The van der Waals surface area contributed by atoms with Crippen molar-refractivity contribution >= 4 is 24.1 Å². The lowest BCUT2D eigenvalue weighted by atomic mass is 10.3. The zero-order chi connectivity index (χ0) is 20.3. The van der Waals surface area contributed by atoms with E-state index in [4.69, 9.17) is 9.47 Å². The molecule has 156 valence electrons. The van der Waals surface area contributed by atoms with Crippen LogP contribution in [0.25, 0.3) is 0 Å². The van der Waals surface area contributed by atoms with Gasteiger partial charge in [-0.15, -0.1) is 0 Å². The molecule has 0 aliphatic carbocycles. The Kier molecular flexibility index (Phi) is 15.6. The molecule has 0 aliphatic rings. The number of hydrogen-bond acceptors (Lipinski definition) is 7. The number of carbonyl (C=O) groups excluding carboxylic acids is 4. The zero-order valence-corrected chi connectivity index (χ0v) is 16.3. The molecule has 0 aromatic rings. The van der Waals surface area contributed by atoms with Crippen LogP contribution < -0.4 is 10.6 Å². The van der Waals surface area contributed by atoms with Gasteiger partial charge in [0.2, 0.25) is 0 Å². The number of amides is 2. The van der Waals surface area contributed by atoms with Crippen LogP contribution in [0.1, 0.15) is 65.2 Å². The number of nitrogens with one attached hydrogen (secondary N) is 2. The van der Waals surface area contributed by atoms with Gasteiger partial charge in [0.05, 0.1) is 13.2 Å². The van der Waals surface area contributed by atoms with Crippen molar-refractivity contribution in [2.45, 2.75) is 65.2 Å². The Hall–Kier alpha value is -2.32. The lowest BCUT2D eigenvalue weighted by Gasteiger charge is -2.07. The Morgan fingerprint density at radius 1 is 0.667 bits per heavy atom. The lowest BCUT2D eigenvalue weighted by Crippen LogP contribution is -2.27. The van der Waals surface area contributed by atoms with Crippen LogP contribution in [0.4, 0.5) is 9.59 Å². The minimum Gasteiger partial charge on any atom is -0.450 e. The topological polar surface area (TPSA) is 120 Å². The second kappa shape index (κ2) is 17.1. The third-order valence-corrected chi connectivity index (χ3v) is 3.34. The molecule has 0 fully saturated rings. The first-order chi connectivity index (χ1) is 13.0. The predicted octanol–water partition coefficient (Wildman–Crippen LogP) is 2.67. The average Bonchev–Trinajstić information content (AvgIpc) is 2.63. The minimum absolute atomic E-state index is 0.0168. The minimum atomic E-state index is -0.645. The summed E-state index contributed by atoms with van der Waals surface area (Å²) in [4.78, 5) is 45.6. The first-order valence-corrected chi connectivity index (χ1v) is 9.54. The van der Waals surface area contributed by atoms with Crippen LogP contribution in [-0.4, -0.2) is 50.4 Å². The fourth-order valence-corrected chi connectivity index (χ4v) is 1.80. The predicted molar refractivity (Wildman–Crippen MR) is 98.1 cm³/mol. The molecule has 0 saturated carbocycles. The van der Waals surface area contributed by atoms with Gasteiger partial charge in [0.15, 0.2) is 0 Å². The largest absolute Gasteiger partial charge is 0.450 e. The molecular weight excluding hydrogens is 356 g/mol. The van der Waals surface area contributed by atoms with Crippen molar-refractivity contribution in [2.24, 2.45) is 0 Å². The van der Waals surface area contributed by atoms with E-state index >= 15 is 0 Å². The van der Waals surface area contributed by atoms with E-state index in [9.17, 15) is 19.2 Å². The molecule has 2 amide bonds. The third-order valence-electron chi connectivity index (χ3n) is 3.34. The van der Waals surface area contributed by atoms with E-state index in [1.165, 1.54) is 0 Å². The van der Waals surface area contributed by atoms with Gasteiger partial charge in [0.25, 0.3) is 0 Å². The van der Waals surface area contributed by atoms with Crippen LogP contribution in [0.3, 0.4) is 0 Å². The molecule has 0 rings (SSSR count). The van der Waals surface area contributed by atoms with Crippen molar-refractivity contribution in [1.29, 1.82) is 0 Å². The number of rotatable bonds is 14. The van der Waals surface area contributed by atoms with E-state index in [1.807, 2.05) is 13.8 Å². The molecule has 0 atom stereocenters. The van der Waals surface area contributed by atoms with Crippen LogP contribution in [0.15, 0.2) is 0 Å². The van der Waals surface area contributed by atoms with Crippen LogP contribution >= 0.6 is 0 Å². The standard InChI is InChI=1S/C18H32N2O7/c1-3-5-13-25-17(23)19-11-7-9-15(21)27-16(22)10-8-12-20-18(24)26-14-6-4-2/h3-14H2,1-2H3,(H,19,23)(H,20,24). The summed E-state index contributed by atoms with van der Waals surface area (Å²) in [6, 6.07) is 0. The Balaban J connectivity index is 3.60. The highest BCUT2D eigenvalue weighted by atomic mass is 16.6. The van der Waals surface area contributed by atoms with Gasteiger partial charge in [-0.3, -0.25) is 9.59 Å². The fraction of sp³-hybridized carbons (Fsp3) is 0.778. The highest BCUT2D eigenvalue weighted by Gasteiger charge is 2.11. The van der Waals surface area contributed by atoms with Gasteiger partial charge in [-0.2, -0.15) is 0 Å². The van der Waals surface area contributed by atoms with Crippen LogP contribution in [0.5, 0.6) is 0 Å². The molecule has 0 radical (unpaired) electrons. The molecule has 2 N–H and O–H groups in total. The van der Waals surface area contributed by atoms with Gasteiger partial charge >= 0.3 is 24.1 Å². The van der Waals surface area contributed by atoms with Gasteiger partial charge < -0.3 is 24.8 Å². The van der Waals surface area contributed by atoms with Crippen molar-refractivity contribution in [3.05, 3.63) is 0 Å². The van der Waals surface area contributed by atoms with E-state index in [0.29, 0.717) is 26.1 Å². The number of ether oxygens (including phenoxy) is 3. The molecule has 0 aromatic heterocycles. The summed E-state index contributed by atoms with van der Waals surface area (Å²) in [6.45, 7) is 5.24. The molecule has 0 heterocycles. The number of alkyl carbamates (subject to hydrolysis) is 2. The van der Waals surface area contributed by atoms with Gasteiger partial charge in [-0.1, -0.05) is 26.7 Å². The summed E-state index contributed by atoms with van der Waals surface area (Å²) in [7, 11) is 0. The molecule has 0 aromatic carbocycles. The lowest BCUT2D eigenvalue weighted by molar-refractivity contribution is -0.159. The zero-order valence-electron chi connectivity index (χ0n) is 16.3. The van der Waals surface area contributed by atoms with E-state index in [2.05, 4.69) is 15.4 Å². The van der Waals surface area contributed by atoms with Crippen molar-refractivity contribution in [1.82, 2.24) is 10.6 Å². The summed E-state index contributed by atoms with van der Waals surface area (Å²) < 4.78 is 14.4. The number of hydrogen-bond donors (Lipinski definition) is 2. The van der Waals surface area contributed by atoms with E-state index < -0.39 is 24.1 Å². The summed E-state index contributed by atoms with van der Waals surface area (Å²) >= 11 is 0. The molecule has 0 bridgehead atoms. The molecule has 9 heteroatoms. The van der Waals surface area contributed by atoms with Crippen molar-refractivity contribution in [2.75, 3.05) is 26.3 Å². The van der Waals surface area contributed by atoms with Gasteiger partial charge in [0, 0.05) is 25.9 Å². The molecule has 27 heavy (non-hydrogen) atoms. The first-order valence-electron chi connectivity index (χ1n) is 9.54. The average molecular weight is 388 g/mol. The quantitative estimate of drug-likeness (QED) is 0.203. The highest BCUT2D eigenvalue weighted by molar-refractivity contribution is 5.85. The SMILES string of the molecule is CCCCOC(=O)NCCCC(=O)OC(=O)CCCNC(=O)OCCCC. The number of unbranched alkanes of at least 4 members (excludes halogenated alkanes) is 2. The van der Waals surface area contributed by atoms with Gasteiger partial charge in [-0.25, -0.2) is 9.59 Å². The van der Waals surface area contributed by atoms with Crippen molar-refractivity contribution in [3.63, 3.8) is 0 Å². The molecule has 0 spiro atoms. The van der Waals surface area contributed by atoms with Crippen LogP contribution in [0, 0.1) is 0 Å². The van der Waals surface area contributed by atoms with Gasteiger partial charge in [-0.05, 0) is 25.7 Å². The second-order valence-corrected chi connectivity index (χ2v) is 5.89. The number of carbonyl (C=O) groups is 4. The maximum Gasteiger partial charge on any atom is 0.407 e. The van der Waals surface area contributed by atoms with Gasteiger partial charge in [0.1, 0.15) is 0 Å². The Bertz CT molecular complexity index is 415. The maximum atomic E-state index is 11.5. The summed E-state index contributed by atoms with van der Waals surface area (Å²) in [6.07, 6.45) is 3.17. The van der Waals surface area contributed by atoms with E-state index in [-0.39, 0.29) is 25.9 Å². The Labute approximate surface area is 160 Å². The smallest absolute Gasteiger partial charge is 0.407 e. The maximum absolute atomic E-state index is 11.5. The van der Waals surface area contributed by atoms with Crippen molar-refractivity contribution < 1.29 is 33.4 Å². The Morgan fingerprint density at radius 3 is 1.44 bits per heavy atom. The molecule has 0 saturated heterocycles. The Morgan fingerprint density at radius 2 is 1.07 bits per heavy atom. The van der Waals surface area contributed by atoms with Crippen LogP contribution in [0.2, 0.25) is 0 Å². The number of esters is 2. The molecule has 0 unspecified atom stereocenters. The van der Waals surface area contributed by atoms with Crippen LogP contribution in [-0.2, 0) is 23.8 Å². The van der Waals surface area contributed by atoms with E-state index in [0.717, 1.165) is 25.7 Å². The summed E-state index contributed by atoms with van der Waals surface area (Å²) in [5.41, 5.74) is 0. The second-order valence-electron chi connectivity index (χ2n) is 5.89. The first kappa shape index (κ1) is 24.7. The van der Waals surface area contributed by atoms with Crippen molar-refractivity contribution in [3.8, 4) is 0 Å². The fourth-order valence-electron chi connectivity index (χ4n) is 1.80. The van der Waals surface area contributed by atoms with E-state index in [1.54, 1.807) is 0 Å². The summed E-state index contributed by atoms with van der Waals surface area (Å²) in [5.74, 6) is -1.29. The third kappa shape index (κ3) is 16.9. The summed E-state index contributed by atoms with van der Waals surface area (Å²) in [5, 5.41) is 5.03. The molecule has 0 aliphatic heterocycles. The molecule has 9 nitrogen and oxygen atoms in total.